The number of hydrogen-bond donors (Lipinski definition) is 1. The van der Waals surface area contributed by atoms with Gasteiger partial charge in [0, 0.05) is 10.0 Å². The van der Waals surface area contributed by atoms with Crippen molar-refractivity contribution in [2.75, 3.05) is 0 Å². The first-order valence-corrected chi connectivity index (χ1v) is 4.99. The highest BCUT2D eigenvalue weighted by Gasteiger charge is 2.10. The van der Waals surface area contributed by atoms with Crippen molar-refractivity contribution in [3.8, 4) is 11.4 Å². The maximum atomic E-state index is 4.93. The number of nitrogens with two attached hydrogens (primary N) is 1. The molecule has 2 rings (SSSR count). The first kappa shape index (κ1) is 10.3. The molecule has 15 heavy (non-hydrogen) atoms. The van der Waals surface area contributed by atoms with Gasteiger partial charge in [-0.3, -0.25) is 4.84 Å². The molecule has 0 saturated heterocycles. The van der Waals surface area contributed by atoms with Crippen LogP contribution in [-0.2, 0) is 11.4 Å². The lowest BCUT2D eigenvalue weighted by atomic mass is 10.2. The van der Waals surface area contributed by atoms with Crippen LogP contribution in [0.15, 0.2) is 33.3 Å². The largest absolute Gasteiger partial charge is 0.336 e. The Morgan fingerprint density at radius 2 is 2.20 bits per heavy atom. The van der Waals surface area contributed by atoms with E-state index in [1.165, 1.54) is 0 Å². The zero-order valence-corrected chi connectivity index (χ0v) is 9.27. The first-order chi connectivity index (χ1) is 7.31. The third-order valence-electron chi connectivity index (χ3n) is 1.79. The van der Waals surface area contributed by atoms with E-state index in [2.05, 4.69) is 30.9 Å². The van der Waals surface area contributed by atoms with Crippen molar-refractivity contribution in [2.45, 2.75) is 6.61 Å². The number of benzene rings is 1. The van der Waals surface area contributed by atoms with Gasteiger partial charge in [0.05, 0.1) is 0 Å². The molecule has 1 heterocycles. The molecule has 0 aliphatic carbocycles. The van der Waals surface area contributed by atoms with Crippen LogP contribution in [0.25, 0.3) is 11.4 Å². The summed E-state index contributed by atoms with van der Waals surface area (Å²) in [7, 11) is 0. The fraction of sp³-hybridized carbons (Fsp3) is 0.111. The summed E-state index contributed by atoms with van der Waals surface area (Å²) in [6.07, 6.45) is 0. The molecule has 5 nitrogen and oxygen atoms in total. The summed E-state index contributed by atoms with van der Waals surface area (Å²) in [4.78, 5) is 8.52. The van der Waals surface area contributed by atoms with Gasteiger partial charge >= 0.3 is 0 Å². The standard InChI is InChI=1S/C9H8BrN3O2/c10-7-4-2-1-3-6(7)9-12-8(5-14-11)15-13-9/h1-4H,5,11H2. The second-order valence-corrected chi connectivity index (χ2v) is 3.66. The SMILES string of the molecule is NOCc1nc(-c2ccccc2Br)no1. The van der Waals surface area contributed by atoms with Crippen LogP contribution in [-0.4, -0.2) is 10.1 Å². The van der Waals surface area contributed by atoms with E-state index in [0.29, 0.717) is 11.7 Å². The number of halogens is 1. The molecule has 78 valence electrons. The molecule has 0 radical (unpaired) electrons. The Labute approximate surface area is 94.3 Å². The molecule has 0 saturated carbocycles. The highest BCUT2D eigenvalue weighted by atomic mass is 79.9. The molecule has 2 N–H and O–H groups in total. The average Bonchev–Trinajstić information content (AvgIpc) is 2.68. The van der Waals surface area contributed by atoms with Crippen molar-refractivity contribution in [2.24, 2.45) is 5.90 Å². The summed E-state index contributed by atoms with van der Waals surface area (Å²) in [6.45, 7) is 0.109. The number of rotatable bonds is 3. The third kappa shape index (κ3) is 2.23. The average molecular weight is 270 g/mol. The van der Waals surface area contributed by atoms with Gasteiger partial charge in [0.25, 0.3) is 5.89 Å². The van der Waals surface area contributed by atoms with Crippen molar-refractivity contribution < 1.29 is 9.36 Å². The normalized spacial score (nSPS) is 10.5. The maximum absolute atomic E-state index is 4.93. The molecule has 0 atom stereocenters. The van der Waals surface area contributed by atoms with Crippen LogP contribution in [0.4, 0.5) is 0 Å². The topological polar surface area (TPSA) is 74.2 Å². The highest BCUT2D eigenvalue weighted by Crippen LogP contribution is 2.25. The molecule has 0 fully saturated rings. The smallest absolute Gasteiger partial charge is 0.255 e. The zero-order valence-electron chi connectivity index (χ0n) is 7.68. The Hall–Kier alpha value is -1.24. The van der Waals surface area contributed by atoms with Gasteiger partial charge < -0.3 is 4.52 Å². The van der Waals surface area contributed by atoms with Gasteiger partial charge in [-0.15, -0.1) is 0 Å². The van der Waals surface area contributed by atoms with Crippen LogP contribution in [0.1, 0.15) is 5.89 Å². The molecule has 0 unspecified atom stereocenters. The van der Waals surface area contributed by atoms with Crippen LogP contribution < -0.4 is 5.90 Å². The van der Waals surface area contributed by atoms with Gasteiger partial charge in [0.15, 0.2) is 0 Å². The van der Waals surface area contributed by atoms with Crippen LogP contribution in [0, 0.1) is 0 Å². The van der Waals surface area contributed by atoms with Crippen LogP contribution in [0.2, 0.25) is 0 Å². The summed E-state index contributed by atoms with van der Waals surface area (Å²) in [5.74, 6) is 5.76. The van der Waals surface area contributed by atoms with E-state index >= 15 is 0 Å². The molecule has 0 spiro atoms. The van der Waals surface area contributed by atoms with Crippen LogP contribution >= 0.6 is 15.9 Å². The van der Waals surface area contributed by atoms with Crippen molar-refractivity contribution in [1.82, 2.24) is 10.1 Å². The predicted molar refractivity (Wildman–Crippen MR) is 56.4 cm³/mol. The van der Waals surface area contributed by atoms with Gasteiger partial charge in [-0.1, -0.05) is 33.2 Å². The molecule has 1 aromatic heterocycles. The minimum Gasteiger partial charge on any atom is -0.336 e. The molecule has 0 amide bonds. The Bertz CT molecular complexity index is 458. The zero-order chi connectivity index (χ0) is 10.7. The van der Waals surface area contributed by atoms with Gasteiger partial charge in [-0.05, 0) is 12.1 Å². The molecule has 2 aromatic rings. The Kier molecular flexibility index (Phi) is 3.10. The maximum Gasteiger partial charge on any atom is 0.255 e. The molecular weight excluding hydrogens is 262 g/mol. The highest BCUT2D eigenvalue weighted by molar-refractivity contribution is 9.10. The lowest BCUT2D eigenvalue weighted by molar-refractivity contribution is 0.0996. The number of aromatic nitrogens is 2. The Morgan fingerprint density at radius 3 is 2.93 bits per heavy atom. The van der Waals surface area contributed by atoms with E-state index < -0.39 is 0 Å². The summed E-state index contributed by atoms with van der Waals surface area (Å²) in [5.41, 5.74) is 0.865. The lowest BCUT2D eigenvalue weighted by Gasteiger charge is -1.96. The van der Waals surface area contributed by atoms with Crippen LogP contribution in [0.5, 0.6) is 0 Å². The molecular formula is C9H8BrN3O2. The van der Waals surface area contributed by atoms with Crippen molar-refractivity contribution >= 4 is 15.9 Å². The molecule has 6 heteroatoms. The van der Waals surface area contributed by atoms with Crippen LogP contribution in [0.3, 0.4) is 0 Å². The number of hydrogen-bond acceptors (Lipinski definition) is 5. The fourth-order valence-electron chi connectivity index (χ4n) is 1.14. The third-order valence-corrected chi connectivity index (χ3v) is 2.48. The van der Waals surface area contributed by atoms with Crippen molar-refractivity contribution in [3.63, 3.8) is 0 Å². The summed E-state index contributed by atoms with van der Waals surface area (Å²) < 4.78 is 5.84. The van der Waals surface area contributed by atoms with E-state index in [4.69, 9.17) is 10.4 Å². The summed E-state index contributed by atoms with van der Waals surface area (Å²) >= 11 is 3.40. The number of nitrogens with zero attached hydrogens (tertiary/aromatic N) is 2. The monoisotopic (exact) mass is 269 g/mol. The van der Waals surface area contributed by atoms with E-state index in [-0.39, 0.29) is 6.61 Å². The van der Waals surface area contributed by atoms with Gasteiger partial charge in [-0.2, -0.15) is 4.98 Å². The van der Waals surface area contributed by atoms with Crippen molar-refractivity contribution in [1.29, 1.82) is 0 Å². The van der Waals surface area contributed by atoms with Crippen molar-refractivity contribution in [3.05, 3.63) is 34.6 Å². The molecule has 1 aromatic carbocycles. The first-order valence-electron chi connectivity index (χ1n) is 4.20. The minimum atomic E-state index is 0.109. The Balaban J connectivity index is 2.33. The predicted octanol–water partition coefficient (Wildman–Crippen LogP) is 1.89. The summed E-state index contributed by atoms with van der Waals surface area (Å²) in [6, 6.07) is 7.61. The molecule has 0 aliphatic rings. The molecule has 0 bridgehead atoms. The van der Waals surface area contributed by atoms with E-state index in [9.17, 15) is 0 Å². The van der Waals surface area contributed by atoms with Gasteiger partial charge in [-0.25, -0.2) is 5.90 Å². The fourth-order valence-corrected chi connectivity index (χ4v) is 1.60. The molecule has 0 aliphatic heterocycles. The Morgan fingerprint density at radius 1 is 1.40 bits per heavy atom. The second kappa shape index (κ2) is 4.52. The van der Waals surface area contributed by atoms with E-state index in [0.717, 1.165) is 10.0 Å². The van der Waals surface area contributed by atoms with E-state index in [1.807, 2.05) is 24.3 Å². The van der Waals surface area contributed by atoms with Gasteiger partial charge in [0.2, 0.25) is 5.82 Å². The lowest BCUT2D eigenvalue weighted by Crippen LogP contribution is -1.98. The minimum absolute atomic E-state index is 0.109. The van der Waals surface area contributed by atoms with Gasteiger partial charge in [0.1, 0.15) is 6.61 Å². The quantitative estimate of drug-likeness (QED) is 0.862. The summed E-state index contributed by atoms with van der Waals surface area (Å²) in [5, 5.41) is 3.81. The van der Waals surface area contributed by atoms with E-state index in [1.54, 1.807) is 0 Å². The second-order valence-electron chi connectivity index (χ2n) is 2.80.